The second-order valence-electron chi connectivity index (χ2n) is 9.96. The fourth-order valence-corrected chi connectivity index (χ4v) is 4.54. The SMILES string of the molecule is CC(C)(C)OC(=O)N1CCC2(CCc3cc(-c4ncc(COS(C)(=O)=O)cn4)ccc3O2)CC1. The fourth-order valence-electron chi connectivity index (χ4n) is 4.19. The van der Waals surface area contributed by atoms with Crippen LogP contribution in [-0.2, 0) is 32.1 Å². The van der Waals surface area contributed by atoms with Crippen LogP contribution in [0, 0.1) is 0 Å². The van der Waals surface area contributed by atoms with Gasteiger partial charge in [0.15, 0.2) is 5.82 Å². The molecule has 4 rings (SSSR count). The molecular weight excluding hydrogens is 458 g/mol. The second kappa shape index (κ2) is 9.14. The van der Waals surface area contributed by atoms with E-state index in [1.54, 1.807) is 17.3 Å². The molecule has 2 aliphatic rings. The number of hydrogen-bond acceptors (Lipinski definition) is 8. The van der Waals surface area contributed by atoms with Crippen LogP contribution in [-0.4, -0.2) is 59.9 Å². The molecule has 0 N–H and O–H groups in total. The predicted octanol–water partition coefficient (Wildman–Crippen LogP) is 3.71. The summed E-state index contributed by atoms with van der Waals surface area (Å²) in [5.41, 5.74) is 1.79. The first-order chi connectivity index (χ1) is 15.9. The highest BCUT2D eigenvalue weighted by atomic mass is 32.2. The molecule has 1 aromatic carbocycles. The quantitative estimate of drug-likeness (QED) is 0.598. The summed E-state index contributed by atoms with van der Waals surface area (Å²) in [6.45, 7) is 6.76. The molecule has 3 heterocycles. The van der Waals surface area contributed by atoms with Crippen molar-refractivity contribution in [3.63, 3.8) is 0 Å². The van der Waals surface area contributed by atoms with E-state index in [4.69, 9.17) is 13.7 Å². The molecular formula is C24H31N3O6S. The summed E-state index contributed by atoms with van der Waals surface area (Å²) in [7, 11) is -3.52. The maximum absolute atomic E-state index is 12.4. The van der Waals surface area contributed by atoms with Crippen molar-refractivity contribution in [2.24, 2.45) is 0 Å². The smallest absolute Gasteiger partial charge is 0.410 e. The van der Waals surface area contributed by atoms with E-state index < -0.39 is 15.7 Å². The highest BCUT2D eigenvalue weighted by molar-refractivity contribution is 7.85. The Hall–Kier alpha value is -2.72. The van der Waals surface area contributed by atoms with Crippen molar-refractivity contribution in [3.05, 3.63) is 41.7 Å². The van der Waals surface area contributed by atoms with Crippen LogP contribution in [0.15, 0.2) is 30.6 Å². The zero-order valence-electron chi connectivity index (χ0n) is 20.0. The summed E-state index contributed by atoms with van der Waals surface area (Å²) >= 11 is 0. The van der Waals surface area contributed by atoms with E-state index in [0.29, 0.717) is 24.5 Å². The lowest BCUT2D eigenvalue weighted by molar-refractivity contribution is -0.0272. The first-order valence-electron chi connectivity index (χ1n) is 11.4. The average molecular weight is 490 g/mol. The Morgan fingerprint density at radius 3 is 2.44 bits per heavy atom. The molecule has 1 fully saturated rings. The Balaban J connectivity index is 1.39. The number of benzene rings is 1. The van der Waals surface area contributed by atoms with Crippen molar-refractivity contribution < 1.29 is 26.9 Å². The summed E-state index contributed by atoms with van der Waals surface area (Å²) in [5, 5.41) is 0. The van der Waals surface area contributed by atoms with Gasteiger partial charge in [-0.1, -0.05) is 0 Å². The minimum absolute atomic E-state index is 0.0927. The number of likely N-dealkylation sites (tertiary alicyclic amines) is 1. The lowest BCUT2D eigenvalue weighted by atomic mass is 9.83. The van der Waals surface area contributed by atoms with Gasteiger partial charge in [-0.2, -0.15) is 8.42 Å². The standard InChI is InChI=1S/C24H31N3O6S/c1-23(2,3)33-22(28)27-11-9-24(10-12-27)8-7-18-13-19(5-6-20(18)32-24)21-25-14-17(15-26-21)16-31-34(4,29)30/h5-6,13-15H,7-12,16H2,1-4H3. The van der Waals surface area contributed by atoms with E-state index in [2.05, 4.69) is 9.97 Å². The predicted molar refractivity (Wildman–Crippen MR) is 126 cm³/mol. The van der Waals surface area contributed by atoms with Crippen LogP contribution in [0.1, 0.15) is 51.2 Å². The van der Waals surface area contributed by atoms with Crippen LogP contribution in [0.3, 0.4) is 0 Å². The Kier molecular flexibility index (Phi) is 6.56. The molecule has 1 saturated heterocycles. The molecule has 1 spiro atoms. The van der Waals surface area contributed by atoms with Gasteiger partial charge in [0.05, 0.1) is 12.9 Å². The zero-order chi connectivity index (χ0) is 24.6. The van der Waals surface area contributed by atoms with Gasteiger partial charge in [0.25, 0.3) is 10.1 Å². The Labute approximate surface area is 200 Å². The van der Waals surface area contributed by atoms with E-state index in [9.17, 15) is 13.2 Å². The van der Waals surface area contributed by atoms with Gasteiger partial charge >= 0.3 is 6.09 Å². The van der Waals surface area contributed by atoms with Gasteiger partial charge in [-0.25, -0.2) is 14.8 Å². The maximum Gasteiger partial charge on any atom is 0.410 e. The van der Waals surface area contributed by atoms with Crippen LogP contribution in [0.2, 0.25) is 0 Å². The van der Waals surface area contributed by atoms with Gasteiger partial charge in [0, 0.05) is 49.5 Å². The van der Waals surface area contributed by atoms with Crippen LogP contribution in [0.25, 0.3) is 11.4 Å². The van der Waals surface area contributed by atoms with Crippen molar-refractivity contribution >= 4 is 16.2 Å². The third kappa shape index (κ3) is 6.04. The Bertz CT molecular complexity index is 1150. The number of fused-ring (bicyclic) bond motifs is 1. The molecule has 184 valence electrons. The van der Waals surface area contributed by atoms with Crippen molar-refractivity contribution in [2.45, 2.75) is 64.3 Å². The molecule has 0 radical (unpaired) electrons. The zero-order valence-corrected chi connectivity index (χ0v) is 20.9. The number of carbonyl (C=O) groups excluding carboxylic acids is 1. The number of nitrogens with zero attached hydrogens (tertiary/aromatic N) is 3. The minimum atomic E-state index is -3.52. The number of rotatable bonds is 4. The number of carbonyl (C=O) groups is 1. The first kappa shape index (κ1) is 24.4. The van der Waals surface area contributed by atoms with E-state index in [1.165, 1.54) is 0 Å². The van der Waals surface area contributed by atoms with E-state index in [-0.39, 0.29) is 18.3 Å². The molecule has 10 heteroatoms. The molecule has 9 nitrogen and oxygen atoms in total. The topological polar surface area (TPSA) is 108 Å². The van der Waals surface area contributed by atoms with Crippen LogP contribution >= 0.6 is 0 Å². The maximum atomic E-state index is 12.4. The van der Waals surface area contributed by atoms with E-state index in [0.717, 1.165) is 48.8 Å². The normalized spacial score (nSPS) is 17.7. The van der Waals surface area contributed by atoms with Crippen molar-refractivity contribution in [1.82, 2.24) is 14.9 Å². The lowest BCUT2D eigenvalue weighted by Crippen LogP contribution is -2.52. The number of aromatic nitrogens is 2. The third-order valence-electron chi connectivity index (χ3n) is 5.97. The molecule has 0 saturated carbocycles. The molecule has 0 aliphatic carbocycles. The van der Waals surface area contributed by atoms with E-state index in [1.807, 2.05) is 39.0 Å². The van der Waals surface area contributed by atoms with Crippen molar-refractivity contribution in [1.29, 1.82) is 0 Å². The average Bonchev–Trinajstić information content (AvgIpc) is 2.76. The Morgan fingerprint density at radius 1 is 1.15 bits per heavy atom. The largest absolute Gasteiger partial charge is 0.487 e. The fraction of sp³-hybridized carbons (Fsp3) is 0.542. The van der Waals surface area contributed by atoms with Crippen molar-refractivity contribution in [2.75, 3.05) is 19.3 Å². The minimum Gasteiger partial charge on any atom is -0.487 e. The molecule has 1 aromatic heterocycles. The van der Waals surface area contributed by atoms with Crippen molar-refractivity contribution in [3.8, 4) is 17.1 Å². The lowest BCUT2D eigenvalue weighted by Gasteiger charge is -2.44. The summed E-state index contributed by atoms with van der Waals surface area (Å²) in [6, 6.07) is 5.92. The number of amides is 1. The first-order valence-corrected chi connectivity index (χ1v) is 13.2. The number of piperidine rings is 1. The summed E-state index contributed by atoms with van der Waals surface area (Å²) in [5.74, 6) is 1.41. The van der Waals surface area contributed by atoms with Crippen LogP contribution in [0.4, 0.5) is 4.79 Å². The van der Waals surface area contributed by atoms with Gasteiger partial charge in [0.2, 0.25) is 0 Å². The van der Waals surface area contributed by atoms with Crippen LogP contribution in [0.5, 0.6) is 5.75 Å². The number of aryl methyl sites for hydroxylation is 1. The van der Waals surface area contributed by atoms with Gasteiger partial charge in [-0.15, -0.1) is 0 Å². The third-order valence-corrected chi connectivity index (χ3v) is 6.51. The van der Waals surface area contributed by atoms with Gasteiger partial charge in [0.1, 0.15) is 17.0 Å². The Morgan fingerprint density at radius 2 is 1.82 bits per heavy atom. The van der Waals surface area contributed by atoms with Gasteiger partial charge in [-0.05, 0) is 57.4 Å². The second-order valence-corrected chi connectivity index (χ2v) is 11.6. The molecule has 1 amide bonds. The van der Waals surface area contributed by atoms with Gasteiger partial charge in [-0.3, -0.25) is 4.18 Å². The summed E-state index contributed by atoms with van der Waals surface area (Å²) < 4.78 is 39.0. The van der Waals surface area contributed by atoms with Gasteiger partial charge < -0.3 is 14.4 Å². The highest BCUT2D eigenvalue weighted by Crippen LogP contribution is 2.40. The monoisotopic (exact) mass is 489 g/mol. The van der Waals surface area contributed by atoms with Crippen LogP contribution < -0.4 is 4.74 Å². The molecule has 0 bridgehead atoms. The molecule has 2 aromatic rings. The molecule has 2 aliphatic heterocycles. The number of hydrogen-bond donors (Lipinski definition) is 0. The molecule has 34 heavy (non-hydrogen) atoms. The van der Waals surface area contributed by atoms with E-state index >= 15 is 0 Å². The highest BCUT2D eigenvalue weighted by Gasteiger charge is 2.41. The summed E-state index contributed by atoms with van der Waals surface area (Å²) in [4.78, 5) is 22.9. The summed E-state index contributed by atoms with van der Waals surface area (Å²) in [6.07, 6.45) is 7.17. The molecule has 0 unspecified atom stereocenters. The number of ether oxygens (including phenoxy) is 2. The molecule has 0 atom stereocenters.